The smallest absolute Gasteiger partial charge is 0.341 e. The van der Waals surface area contributed by atoms with E-state index in [0.29, 0.717) is 5.69 Å². The Balaban J connectivity index is 3.53. The van der Waals surface area contributed by atoms with E-state index in [4.69, 9.17) is 20.3 Å². The molecule has 0 atom stereocenters. The van der Waals surface area contributed by atoms with Crippen molar-refractivity contribution in [1.82, 2.24) is 4.98 Å². The molecule has 0 fully saturated rings. The first-order valence-electron chi connectivity index (χ1n) is 4.14. The quantitative estimate of drug-likeness (QED) is 0.765. The Kier molecular flexibility index (Phi) is 2.99. The van der Waals surface area contributed by atoms with E-state index in [9.17, 15) is 4.79 Å². The van der Waals surface area contributed by atoms with Crippen molar-refractivity contribution in [3.63, 3.8) is 0 Å². The van der Waals surface area contributed by atoms with E-state index in [1.54, 1.807) is 6.92 Å². The van der Waals surface area contributed by atoms with Crippen LogP contribution in [0.1, 0.15) is 16.1 Å². The zero-order valence-corrected chi connectivity index (χ0v) is 8.70. The first-order chi connectivity index (χ1) is 7.02. The zero-order valence-electron chi connectivity index (χ0n) is 8.70. The second-order valence-electron chi connectivity index (χ2n) is 2.83. The van der Waals surface area contributed by atoms with Crippen LogP contribution in [0.4, 0.5) is 5.69 Å². The molecule has 0 bridgehead atoms. The van der Waals surface area contributed by atoms with E-state index in [2.05, 4.69) is 4.98 Å². The third-order valence-electron chi connectivity index (χ3n) is 1.94. The molecule has 6 nitrogen and oxygen atoms in total. The van der Waals surface area contributed by atoms with Gasteiger partial charge < -0.3 is 20.3 Å². The highest BCUT2D eigenvalue weighted by Crippen LogP contribution is 2.34. The van der Waals surface area contributed by atoms with E-state index < -0.39 is 5.97 Å². The van der Waals surface area contributed by atoms with Crippen LogP contribution in [0, 0.1) is 6.92 Å². The summed E-state index contributed by atoms with van der Waals surface area (Å²) in [7, 11) is 2.75. The van der Waals surface area contributed by atoms with Crippen molar-refractivity contribution in [2.45, 2.75) is 6.92 Å². The van der Waals surface area contributed by atoms with Crippen molar-refractivity contribution in [1.29, 1.82) is 0 Å². The molecule has 0 aliphatic rings. The number of carboxylic acid groups (broad SMARTS) is 1. The number of aromatic nitrogens is 1. The maximum atomic E-state index is 10.9. The molecular weight excluding hydrogens is 200 g/mol. The number of ether oxygens (including phenoxy) is 2. The summed E-state index contributed by atoms with van der Waals surface area (Å²) < 4.78 is 9.83. The number of carboxylic acids is 1. The molecule has 0 aliphatic heterocycles. The molecule has 3 N–H and O–H groups in total. The van der Waals surface area contributed by atoms with Gasteiger partial charge in [0.15, 0.2) is 5.75 Å². The molecule has 0 saturated carbocycles. The molecule has 82 valence electrons. The van der Waals surface area contributed by atoms with Crippen LogP contribution < -0.4 is 15.2 Å². The van der Waals surface area contributed by atoms with Crippen molar-refractivity contribution < 1.29 is 19.4 Å². The molecule has 0 spiro atoms. The van der Waals surface area contributed by atoms with Crippen LogP contribution in [0.15, 0.2) is 0 Å². The molecule has 15 heavy (non-hydrogen) atoms. The molecular formula is C9H12N2O4. The van der Waals surface area contributed by atoms with Gasteiger partial charge in [0.2, 0.25) is 5.88 Å². The predicted molar refractivity (Wildman–Crippen MR) is 53.4 cm³/mol. The molecule has 0 amide bonds. The molecule has 1 aromatic rings. The SMILES string of the molecule is COc1nc(C)c(C(=O)O)c(OC)c1N. The Bertz CT molecular complexity index is 404. The van der Waals surface area contributed by atoms with Crippen LogP contribution in [0.2, 0.25) is 0 Å². The van der Waals surface area contributed by atoms with Crippen LogP contribution in [0.3, 0.4) is 0 Å². The Morgan fingerprint density at radius 3 is 2.40 bits per heavy atom. The summed E-state index contributed by atoms with van der Waals surface area (Å²) in [4.78, 5) is 14.8. The highest BCUT2D eigenvalue weighted by Gasteiger charge is 2.21. The number of methoxy groups -OCH3 is 2. The summed E-state index contributed by atoms with van der Waals surface area (Å²) in [6.45, 7) is 1.55. The van der Waals surface area contributed by atoms with Crippen molar-refractivity contribution in [2.75, 3.05) is 20.0 Å². The average Bonchev–Trinajstić information content (AvgIpc) is 2.19. The first kappa shape index (κ1) is 11.1. The normalized spacial score (nSPS) is 9.80. The summed E-state index contributed by atoms with van der Waals surface area (Å²) >= 11 is 0. The zero-order chi connectivity index (χ0) is 11.6. The number of anilines is 1. The highest BCUT2D eigenvalue weighted by atomic mass is 16.5. The van der Waals surface area contributed by atoms with Gasteiger partial charge in [-0.3, -0.25) is 0 Å². The van der Waals surface area contributed by atoms with Crippen LogP contribution in [-0.2, 0) is 0 Å². The molecule has 6 heteroatoms. The van der Waals surface area contributed by atoms with Gasteiger partial charge in [0.1, 0.15) is 11.3 Å². The molecule has 0 aliphatic carbocycles. The van der Waals surface area contributed by atoms with E-state index in [-0.39, 0.29) is 22.9 Å². The lowest BCUT2D eigenvalue weighted by molar-refractivity contribution is 0.0692. The van der Waals surface area contributed by atoms with Gasteiger partial charge in [-0.2, -0.15) is 0 Å². The molecule has 1 aromatic heterocycles. The Morgan fingerprint density at radius 1 is 1.40 bits per heavy atom. The minimum Gasteiger partial charge on any atom is -0.493 e. The van der Waals surface area contributed by atoms with Crippen molar-refractivity contribution in [2.24, 2.45) is 0 Å². The number of rotatable bonds is 3. The minimum atomic E-state index is -1.13. The maximum Gasteiger partial charge on any atom is 0.341 e. The van der Waals surface area contributed by atoms with Gasteiger partial charge in [-0.25, -0.2) is 9.78 Å². The summed E-state index contributed by atoms with van der Waals surface area (Å²) in [6.07, 6.45) is 0. The molecule has 0 aromatic carbocycles. The number of nitrogen functional groups attached to an aromatic ring is 1. The minimum absolute atomic E-state index is 0.0456. The van der Waals surface area contributed by atoms with E-state index >= 15 is 0 Å². The number of nitrogens with zero attached hydrogens (tertiary/aromatic N) is 1. The van der Waals surface area contributed by atoms with Crippen LogP contribution in [-0.4, -0.2) is 30.3 Å². The molecule has 0 saturated heterocycles. The number of carbonyl (C=O) groups is 1. The second kappa shape index (κ2) is 4.04. The molecule has 1 rings (SSSR count). The van der Waals surface area contributed by atoms with Crippen molar-refractivity contribution >= 4 is 11.7 Å². The fourth-order valence-corrected chi connectivity index (χ4v) is 1.28. The summed E-state index contributed by atoms with van der Waals surface area (Å²) in [6, 6.07) is 0. The molecule has 1 heterocycles. The lowest BCUT2D eigenvalue weighted by atomic mass is 10.1. The van der Waals surface area contributed by atoms with E-state index in [0.717, 1.165) is 0 Å². The van der Waals surface area contributed by atoms with Gasteiger partial charge in [0.25, 0.3) is 0 Å². The van der Waals surface area contributed by atoms with Gasteiger partial charge in [0, 0.05) is 0 Å². The van der Waals surface area contributed by atoms with Gasteiger partial charge in [-0.05, 0) is 6.92 Å². The summed E-state index contributed by atoms with van der Waals surface area (Å²) in [5.41, 5.74) is 5.97. The van der Waals surface area contributed by atoms with E-state index in [1.165, 1.54) is 14.2 Å². The van der Waals surface area contributed by atoms with Crippen molar-refractivity contribution in [3.05, 3.63) is 11.3 Å². The topological polar surface area (TPSA) is 94.7 Å². The Labute approximate surface area is 86.6 Å². The van der Waals surface area contributed by atoms with Gasteiger partial charge >= 0.3 is 5.97 Å². The monoisotopic (exact) mass is 212 g/mol. The maximum absolute atomic E-state index is 10.9. The van der Waals surface area contributed by atoms with Crippen molar-refractivity contribution in [3.8, 4) is 11.6 Å². The number of aryl methyl sites for hydroxylation is 1. The first-order valence-corrected chi connectivity index (χ1v) is 4.14. The lowest BCUT2D eigenvalue weighted by Crippen LogP contribution is -2.09. The van der Waals surface area contributed by atoms with Gasteiger partial charge in [-0.15, -0.1) is 0 Å². The van der Waals surface area contributed by atoms with Gasteiger partial charge in [-0.1, -0.05) is 0 Å². The summed E-state index contributed by atoms with van der Waals surface area (Å²) in [5.74, 6) is -0.896. The average molecular weight is 212 g/mol. The largest absolute Gasteiger partial charge is 0.493 e. The predicted octanol–water partition coefficient (Wildman–Crippen LogP) is 0.688. The van der Waals surface area contributed by atoms with Gasteiger partial charge in [0.05, 0.1) is 19.9 Å². The number of pyridine rings is 1. The van der Waals surface area contributed by atoms with Crippen LogP contribution in [0.25, 0.3) is 0 Å². The number of hydrogen-bond donors (Lipinski definition) is 2. The fourth-order valence-electron chi connectivity index (χ4n) is 1.28. The van der Waals surface area contributed by atoms with E-state index in [1.807, 2.05) is 0 Å². The third kappa shape index (κ3) is 1.78. The lowest BCUT2D eigenvalue weighted by Gasteiger charge is -2.12. The highest BCUT2D eigenvalue weighted by molar-refractivity contribution is 5.94. The summed E-state index contributed by atoms with van der Waals surface area (Å²) in [5, 5.41) is 8.95. The number of nitrogens with two attached hydrogens (primary N) is 1. The third-order valence-corrected chi connectivity index (χ3v) is 1.94. The standard InChI is InChI=1S/C9H12N2O4/c1-4-5(9(12)13)7(14-2)6(10)8(11-4)15-3/h10H2,1-3H3,(H,12,13). The number of hydrogen-bond acceptors (Lipinski definition) is 5. The van der Waals surface area contributed by atoms with Crippen LogP contribution >= 0.6 is 0 Å². The van der Waals surface area contributed by atoms with Crippen LogP contribution in [0.5, 0.6) is 11.6 Å². The fraction of sp³-hybridized carbons (Fsp3) is 0.333. The molecule has 0 radical (unpaired) electrons. The number of aromatic carboxylic acids is 1. The molecule has 0 unspecified atom stereocenters. The second-order valence-corrected chi connectivity index (χ2v) is 2.83. The Morgan fingerprint density at radius 2 is 2.00 bits per heavy atom. The Hall–Kier alpha value is -1.98.